The number of hydrogen-bond donors (Lipinski definition) is 9. The zero-order valence-corrected chi connectivity index (χ0v) is 35.7. The fraction of sp³-hybridized carbons (Fsp3) is 0.929. The summed E-state index contributed by atoms with van der Waals surface area (Å²) in [5.41, 5.74) is 0. The van der Waals surface area contributed by atoms with Crippen molar-refractivity contribution in [1.29, 1.82) is 0 Å². The molecule has 4 saturated carbocycles. The second-order valence-electron chi connectivity index (χ2n) is 20.1. The van der Waals surface area contributed by atoms with Crippen molar-refractivity contribution >= 4 is 27.9 Å². The fourth-order valence-electron chi connectivity index (χ4n) is 14.0. The molecule has 0 spiro atoms. The minimum atomic E-state index is -4.77. The van der Waals surface area contributed by atoms with Crippen molar-refractivity contribution in [3.05, 3.63) is 0 Å². The van der Waals surface area contributed by atoms with Gasteiger partial charge < -0.3 is 9.57 Å². The second-order valence-corrected chi connectivity index (χ2v) is 21.7. The average molecular weight is 860 g/mol. The number of carbonyl (C=O) groups excluding carboxylic acids is 3. The minimum absolute atomic E-state index is 0.0330. The van der Waals surface area contributed by atoms with E-state index in [1.807, 2.05) is 0 Å². The van der Waals surface area contributed by atoms with E-state index in [0.29, 0.717) is 85.3 Å². The van der Waals surface area contributed by atoms with Crippen LogP contribution in [0.15, 0.2) is 0 Å². The van der Waals surface area contributed by atoms with Gasteiger partial charge in [0.15, 0.2) is 5.25 Å². The molecule has 6 heterocycles. The number of hydroxylamine groups is 2. The number of imide groups is 1. The van der Waals surface area contributed by atoms with Crippen molar-refractivity contribution < 1.29 is 36.9 Å². The van der Waals surface area contributed by atoms with Crippen molar-refractivity contribution in [2.75, 3.05) is 6.61 Å². The molecule has 17 nitrogen and oxygen atoms in total. The molecule has 18 unspecified atom stereocenters. The summed E-state index contributed by atoms with van der Waals surface area (Å²) in [6.07, 6.45) is 22.0. The average Bonchev–Trinajstić information content (AvgIpc) is 4.03. The molecule has 4 aliphatic carbocycles. The highest BCUT2D eigenvalue weighted by Crippen LogP contribution is 2.46. The number of amides is 2. The Morgan fingerprint density at radius 2 is 0.967 bits per heavy atom. The molecule has 0 aromatic rings. The summed E-state index contributed by atoms with van der Waals surface area (Å²) >= 11 is 0. The van der Waals surface area contributed by atoms with Gasteiger partial charge in [-0.1, -0.05) is 44.9 Å². The lowest BCUT2D eigenvalue weighted by molar-refractivity contribution is -0.197. The van der Waals surface area contributed by atoms with Crippen LogP contribution in [-0.2, 0) is 34.1 Å². The number of ether oxygens (including phenoxy) is 1. The number of hydrogen-bond acceptors (Lipinski definition) is 15. The molecule has 6 saturated heterocycles. The normalized spacial score (nSPS) is 46.5. The van der Waals surface area contributed by atoms with E-state index in [0.717, 1.165) is 25.7 Å². The van der Waals surface area contributed by atoms with E-state index < -0.39 is 39.6 Å². The first-order valence-electron chi connectivity index (χ1n) is 23.8. The van der Waals surface area contributed by atoms with Gasteiger partial charge in [-0.05, 0) is 118 Å². The van der Waals surface area contributed by atoms with E-state index >= 15 is 0 Å². The maximum Gasteiger partial charge on any atom is 0.333 e. The number of nitrogens with zero attached hydrogens (tertiary/aromatic N) is 1. The van der Waals surface area contributed by atoms with Crippen LogP contribution in [0.1, 0.15) is 128 Å². The van der Waals surface area contributed by atoms with Crippen molar-refractivity contribution in [1.82, 2.24) is 47.6 Å². The van der Waals surface area contributed by atoms with Crippen LogP contribution in [0.3, 0.4) is 0 Å². The molecule has 18 atom stereocenters. The minimum Gasteiger partial charge on any atom is -0.378 e. The Morgan fingerprint density at radius 1 is 0.567 bits per heavy atom. The highest BCUT2D eigenvalue weighted by molar-refractivity contribution is 7.87. The van der Waals surface area contributed by atoms with Crippen molar-refractivity contribution in [2.24, 2.45) is 47.3 Å². The molecule has 0 aromatic carbocycles. The SMILES string of the molecule is O=C(CCCCCOC1CCC2C3NC4NC(NC5NC(NC6NC(NC(N3)C2C1)C1CCCCC61)C1CCCCC51)C1CCCCC41)ON1C(=O)CC(S(=O)(=O)O)C1=O. The lowest BCUT2D eigenvalue weighted by Gasteiger charge is -2.37. The molecule has 10 fully saturated rings. The number of fused-ring (bicyclic) bond motifs is 20. The molecule has 2 amide bonds. The molecule has 9 N–H and O–H groups in total. The highest BCUT2D eigenvalue weighted by Gasteiger charge is 2.55. The predicted molar refractivity (Wildman–Crippen MR) is 219 cm³/mol. The molecular weight excluding hydrogens is 791 g/mol. The molecule has 10 rings (SSSR count). The predicted octanol–water partition coefficient (Wildman–Crippen LogP) is 1.63. The third-order valence-corrected chi connectivity index (χ3v) is 17.9. The van der Waals surface area contributed by atoms with Crippen LogP contribution < -0.4 is 42.5 Å². The summed E-state index contributed by atoms with van der Waals surface area (Å²) < 4.78 is 38.6. The van der Waals surface area contributed by atoms with Crippen LogP contribution >= 0.6 is 0 Å². The van der Waals surface area contributed by atoms with E-state index in [1.54, 1.807) is 0 Å². The van der Waals surface area contributed by atoms with Gasteiger partial charge in [0.2, 0.25) is 0 Å². The molecule has 18 heteroatoms. The van der Waals surface area contributed by atoms with Crippen LogP contribution in [-0.4, -0.2) is 103 Å². The topological polar surface area (TPSA) is 224 Å². The molecule has 0 radical (unpaired) electrons. The first-order chi connectivity index (χ1) is 29.1. The van der Waals surface area contributed by atoms with Crippen molar-refractivity contribution in [3.63, 3.8) is 0 Å². The molecular formula is C42H69N9O8S. The van der Waals surface area contributed by atoms with Gasteiger partial charge in [0.05, 0.1) is 61.9 Å². The van der Waals surface area contributed by atoms with Crippen LogP contribution in [0.5, 0.6) is 0 Å². The monoisotopic (exact) mass is 859 g/mol. The zero-order valence-electron chi connectivity index (χ0n) is 34.9. The van der Waals surface area contributed by atoms with Gasteiger partial charge >= 0.3 is 5.97 Å². The first-order valence-corrected chi connectivity index (χ1v) is 25.3. The third kappa shape index (κ3) is 8.34. The van der Waals surface area contributed by atoms with Gasteiger partial charge in [0, 0.05) is 13.0 Å². The Morgan fingerprint density at radius 3 is 1.37 bits per heavy atom. The van der Waals surface area contributed by atoms with E-state index in [1.165, 1.54) is 77.0 Å². The molecule has 336 valence electrons. The van der Waals surface area contributed by atoms with Crippen LogP contribution in [0.4, 0.5) is 0 Å². The summed E-state index contributed by atoms with van der Waals surface area (Å²) in [4.78, 5) is 41.5. The summed E-state index contributed by atoms with van der Waals surface area (Å²) in [5, 5.41) is 31.8. The van der Waals surface area contributed by atoms with Crippen molar-refractivity contribution in [3.8, 4) is 0 Å². The number of nitrogens with one attached hydrogen (secondary N) is 8. The summed E-state index contributed by atoms with van der Waals surface area (Å²) in [6, 6.07) is 0. The van der Waals surface area contributed by atoms with Gasteiger partial charge in [-0.3, -0.25) is 56.7 Å². The Kier molecular flexibility index (Phi) is 12.4. The Balaban J connectivity index is 0.783. The van der Waals surface area contributed by atoms with Gasteiger partial charge in [-0.2, -0.15) is 8.42 Å². The maximum absolute atomic E-state index is 12.4. The van der Waals surface area contributed by atoms with Crippen LogP contribution in [0, 0.1) is 47.3 Å². The molecule has 60 heavy (non-hydrogen) atoms. The largest absolute Gasteiger partial charge is 0.378 e. The van der Waals surface area contributed by atoms with E-state index in [9.17, 15) is 27.4 Å². The summed E-state index contributed by atoms with van der Waals surface area (Å²) in [5.74, 6) is 1.65. The summed E-state index contributed by atoms with van der Waals surface area (Å²) in [6.45, 7) is 0.576. The first kappa shape index (κ1) is 42.1. The Labute approximate surface area is 354 Å². The lowest BCUT2D eigenvalue weighted by atomic mass is 9.76. The molecule has 8 bridgehead atoms. The van der Waals surface area contributed by atoms with Gasteiger partial charge in [-0.25, -0.2) is 4.79 Å². The number of rotatable bonds is 9. The number of unbranched alkanes of at least 4 members (excludes halogenated alkanes) is 2. The Hall–Kier alpha value is -1.84. The molecule has 6 aliphatic heterocycles. The quantitative estimate of drug-likeness (QED) is 0.0914. The van der Waals surface area contributed by atoms with E-state index in [2.05, 4.69) is 42.5 Å². The fourth-order valence-corrected chi connectivity index (χ4v) is 14.7. The standard InChI is InChI=1S/C42H69N9O8S/c52-32-21-31(60(55,56)57)42(54)51(32)59-33(53)16-2-1-9-19-58-22-17-18-29-30(20-22)41-49-39-28-15-8-7-14-27(28)37(47-39)45-35-24-11-4-3-10-23(24)34(43-35)44-36-25-12-5-6-13-26(25)38(46-36)48-40(29)50-41/h22-31,34-41,43-50H,1-21H2,(H,55,56,57). The van der Waals surface area contributed by atoms with Crippen molar-refractivity contribution in [2.45, 2.75) is 189 Å². The Bertz CT molecular complexity index is 1710. The highest BCUT2D eigenvalue weighted by atomic mass is 32.2. The van der Waals surface area contributed by atoms with Crippen LogP contribution in [0.25, 0.3) is 0 Å². The zero-order chi connectivity index (χ0) is 41.1. The van der Waals surface area contributed by atoms with E-state index in [-0.39, 0.29) is 48.4 Å². The second kappa shape index (κ2) is 17.6. The summed E-state index contributed by atoms with van der Waals surface area (Å²) in [7, 11) is -4.77. The third-order valence-electron chi connectivity index (χ3n) is 16.8. The molecule has 10 aliphatic rings. The van der Waals surface area contributed by atoms with Gasteiger partial charge in [0.25, 0.3) is 21.9 Å². The lowest BCUT2D eigenvalue weighted by Crippen LogP contribution is -2.61. The van der Waals surface area contributed by atoms with E-state index in [4.69, 9.17) is 9.57 Å². The smallest absolute Gasteiger partial charge is 0.333 e. The van der Waals surface area contributed by atoms with Gasteiger partial charge in [-0.15, -0.1) is 5.06 Å². The van der Waals surface area contributed by atoms with Gasteiger partial charge in [0.1, 0.15) is 0 Å². The molecule has 0 aromatic heterocycles. The number of carbonyl (C=O) groups is 3. The maximum atomic E-state index is 12.4. The van der Waals surface area contributed by atoms with Crippen LogP contribution in [0.2, 0.25) is 0 Å².